The summed E-state index contributed by atoms with van der Waals surface area (Å²) in [6.07, 6.45) is 3.55. The van der Waals surface area contributed by atoms with Crippen molar-refractivity contribution in [2.45, 2.75) is 37.9 Å². The number of pyridine rings is 1. The molecule has 1 amide bonds. The maximum Gasteiger partial charge on any atom is 0.419 e. The fraction of sp³-hybridized carbons (Fsp3) is 0.526. The first kappa shape index (κ1) is 18.8. The van der Waals surface area contributed by atoms with Crippen molar-refractivity contribution in [1.29, 1.82) is 0 Å². The van der Waals surface area contributed by atoms with Crippen LogP contribution in [0.2, 0.25) is 0 Å². The van der Waals surface area contributed by atoms with E-state index in [4.69, 9.17) is 0 Å². The summed E-state index contributed by atoms with van der Waals surface area (Å²) < 4.78 is 40.1. The number of hydrogen-bond donors (Lipinski definition) is 1. The first-order chi connectivity index (χ1) is 13.4. The second kappa shape index (κ2) is 7.44. The van der Waals surface area contributed by atoms with Crippen molar-refractivity contribution in [3.05, 3.63) is 41.9 Å². The molecule has 2 saturated heterocycles. The number of hydrogen-bond acceptors (Lipinski definition) is 4. The van der Waals surface area contributed by atoms with Gasteiger partial charge in [0.2, 0.25) is 5.91 Å². The van der Waals surface area contributed by atoms with Crippen molar-refractivity contribution in [2.24, 2.45) is 5.92 Å². The number of amides is 1. The zero-order chi connectivity index (χ0) is 19.7. The molecule has 9 heteroatoms. The summed E-state index contributed by atoms with van der Waals surface area (Å²) in [5, 5.41) is 6.76. The highest BCUT2D eigenvalue weighted by Crippen LogP contribution is 2.38. The summed E-state index contributed by atoms with van der Waals surface area (Å²) >= 11 is 0. The van der Waals surface area contributed by atoms with E-state index in [1.807, 2.05) is 4.90 Å². The number of carbonyl (C=O) groups excluding carboxylic acids is 1. The summed E-state index contributed by atoms with van der Waals surface area (Å²) in [5.74, 6) is -0.400. The molecule has 0 aromatic carbocycles. The lowest BCUT2D eigenvalue weighted by molar-refractivity contribution is -0.137. The molecule has 2 unspecified atom stereocenters. The minimum Gasteiger partial charge on any atom is -0.355 e. The number of H-pyrrole nitrogens is 1. The van der Waals surface area contributed by atoms with Crippen LogP contribution in [0.15, 0.2) is 30.7 Å². The molecule has 0 aliphatic carbocycles. The zero-order valence-corrected chi connectivity index (χ0v) is 15.3. The third kappa shape index (κ3) is 3.57. The number of likely N-dealkylation sites (tertiary alicyclic amines) is 1. The molecule has 2 aromatic heterocycles. The van der Waals surface area contributed by atoms with Crippen molar-refractivity contribution in [3.8, 4) is 0 Å². The van der Waals surface area contributed by atoms with Crippen LogP contribution in [0.5, 0.6) is 0 Å². The molecule has 1 N–H and O–H groups in total. The van der Waals surface area contributed by atoms with Crippen molar-refractivity contribution in [2.75, 3.05) is 24.5 Å². The van der Waals surface area contributed by atoms with Crippen LogP contribution >= 0.6 is 0 Å². The van der Waals surface area contributed by atoms with Crippen LogP contribution in [-0.2, 0) is 11.0 Å². The van der Waals surface area contributed by atoms with Crippen LogP contribution < -0.4 is 4.90 Å². The van der Waals surface area contributed by atoms with Gasteiger partial charge in [-0.3, -0.25) is 9.89 Å². The Balaban J connectivity index is 1.52. The second-order valence-electron chi connectivity index (χ2n) is 7.38. The highest BCUT2D eigenvalue weighted by molar-refractivity contribution is 5.80. The molecule has 150 valence electrons. The van der Waals surface area contributed by atoms with E-state index < -0.39 is 11.7 Å². The number of nitrogens with zero attached hydrogens (tertiary/aromatic N) is 4. The highest BCUT2D eigenvalue weighted by Gasteiger charge is 2.39. The van der Waals surface area contributed by atoms with Crippen LogP contribution in [0.25, 0.3) is 0 Å². The molecule has 4 heterocycles. The fourth-order valence-electron chi connectivity index (χ4n) is 4.30. The van der Waals surface area contributed by atoms with E-state index in [1.165, 1.54) is 12.3 Å². The molecule has 0 bridgehead atoms. The van der Waals surface area contributed by atoms with E-state index in [0.29, 0.717) is 25.9 Å². The first-order valence-electron chi connectivity index (χ1n) is 9.51. The largest absolute Gasteiger partial charge is 0.419 e. The zero-order valence-electron chi connectivity index (χ0n) is 15.3. The van der Waals surface area contributed by atoms with E-state index in [2.05, 4.69) is 15.2 Å². The Morgan fingerprint density at radius 1 is 1.21 bits per heavy atom. The minimum atomic E-state index is -4.47. The van der Waals surface area contributed by atoms with Crippen molar-refractivity contribution >= 4 is 11.7 Å². The average molecular weight is 393 g/mol. The summed E-state index contributed by atoms with van der Waals surface area (Å²) in [6.45, 7) is 1.39. The van der Waals surface area contributed by atoms with Gasteiger partial charge in [-0.2, -0.15) is 18.3 Å². The monoisotopic (exact) mass is 393 g/mol. The molecular formula is C19H22F3N5O. The second-order valence-corrected chi connectivity index (χ2v) is 7.38. The fourth-order valence-corrected chi connectivity index (χ4v) is 4.30. The van der Waals surface area contributed by atoms with Crippen molar-refractivity contribution in [3.63, 3.8) is 0 Å². The van der Waals surface area contributed by atoms with Gasteiger partial charge in [0.25, 0.3) is 0 Å². The molecule has 2 atom stereocenters. The molecule has 4 rings (SSSR count). The van der Waals surface area contributed by atoms with Gasteiger partial charge in [-0.15, -0.1) is 0 Å². The average Bonchev–Trinajstić information content (AvgIpc) is 3.38. The number of aromatic amines is 1. The number of rotatable bonds is 3. The van der Waals surface area contributed by atoms with Gasteiger partial charge in [0.05, 0.1) is 23.7 Å². The molecule has 28 heavy (non-hydrogen) atoms. The quantitative estimate of drug-likeness (QED) is 0.868. The third-order valence-electron chi connectivity index (χ3n) is 5.60. The van der Waals surface area contributed by atoms with E-state index in [1.54, 1.807) is 17.3 Å². The smallest absolute Gasteiger partial charge is 0.355 e. The third-order valence-corrected chi connectivity index (χ3v) is 5.60. The van der Waals surface area contributed by atoms with Crippen LogP contribution in [0.3, 0.4) is 0 Å². The van der Waals surface area contributed by atoms with Crippen molar-refractivity contribution in [1.82, 2.24) is 20.1 Å². The Bertz CT molecular complexity index is 823. The molecule has 2 fully saturated rings. The molecule has 2 aliphatic heterocycles. The molecule has 0 radical (unpaired) electrons. The van der Waals surface area contributed by atoms with Crippen LogP contribution in [0.1, 0.15) is 42.9 Å². The standard InChI is InChI=1S/C19H22F3N5O/c20-19(21,22)15-5-1-7-23-17(15)26-8-2-4-13(12-26)18(28)27-9-3-6-16(27)14-10-24-25-11-14/h1,5,7,10-11,13,16H,2-4,6,8-9,12H2,(H,24,25). The van der Waals surface area contributed by atoms with E-state index >= 15 is 0 Å². The number of nitrogens with one attached hydrogen (secondary N) is 1. The topological polar surface area (TPSA) is 65.1 Å². The summed E-state index contributed by atoms with van der Waals surface area (Å²) in [4.78, 5) is 20.6. The number of halogens is 3. The maximum atomic E-state index is 13.4. The summed E-state index contributed by atoms with van der Waals surface area (Å²) in [6, 6.07) is 2.32. The molecule has 2 aromatic rings. The predicted molar refractivity (Wildman–Crippen MR) is 96.5 cm³/mol. The molecule has 0 spiro atoms. The van der Waals surface area contributed by atoms with Crippen LogP contribution in [0, 0.1) is 5.92 Å². The van der Waals surface area contributed by atoms with Gasteiger partial charge in [0.15, 0.2) is 0 Å². The molecular weight excluding hydrogens is 371 g/mol. The lowest BCUT2D eigenvalue weighted by Gasteiger charge is -2.36. The van der Waals surface area contributed by atoms with Crippen LogP contribution in [-0.4, -0.2) is 45.6 Å². The lowest BCUT2D eigenvalue weighted by atomic mass is 9.95. The van der Waals surface area contributed by atoms with Gasteiger partial charge in [0.1, 0.15) is 5.82 Å². The number of piperidine rings is 1. The normalized spacial score (nSPS) is 23.2. The van der Waals surface area contributed by atoms with Gasteiger partial charge >= 0.3 is 6.18 Å². The van der Waals surface area contributed by atoms with E-state index in [9.17, 15) is 18.0 Å². The maximum absolute atomic E-state index is 13.4. The Morgan fingerprint density at radius 2 is 2.04 bits per heavy atom. The first-order valence-corrected chi connectivity index (χ1v) is 9.51. The van der Waals surface area contributed by atoms with Crippen molar-refractivity contribution < 1.29 is 18.0 Å². The highest BCUT2D eigenvalue weighted by atomic mass is 19.4. The van der Waals surface area contributed by atoms with Gasteiger partial charge in [-0.1, -0.05) is 0 Å². The lowest BCUT2D eigenvalue weighted by Crippen LogP contribution is -2.45. The number of anilines is 1. The molecule has 0 saturated carbocycles. The summed E-state index contributed by atoms with van der Waals surface area (Å²) in [5.41, 5.74) is 0.225. The van der Waals surface area contributed by atoms with Gasteiger partial charge in [-0.25, -0.2) is 4.98 Å². The van der Waals surface area contributed by atoms with Gasteiger partial charge in [0, 0.05) is 37.6 Å². The number of alkyl halides is 3. The van der Waals surface area contributed by atoms with E-state index in [-0.39, 0.29) is 30.2 Å². The summed E-state index contributed by atoms with van der Waals surface area (Å²) in [7, 11) is 0. The minimum absolute atomic E-state index is 0.0118. The number of carbonyl (C=O) groups is 1. The SMILES string of the molecule is O=C(C1CCCN(c2ncccc2C(F)(F)F)C1)N1CCCC1c1cn[nH]c1. The Labute approximate surface area is 160 Å². The number of aromatic nitrogens is 3. The predicted octanol–water partition coefficient (Wildman–Crippen LogP) is 3.40. The molecule has 6 nitrogen and oxygen atoms in total. The Kier molecular flexibility index (Phi) is 4.99. The Morgan fingerprint density at radius 3 is 2.79 bits per heavy atom. The van der Waals surface area contributed by atoms with Gasteiger partial charge in [-0.05, 0) is 37.8 Å². The van der Waals surface area contributed by atoms with Gasteiger partial charge < -0.3 is 9.80 Å². The molecule has 2 aliphatic rings. The Hall–Kier alpha value is -2.58. The van der Waals surface area contributed by atoms with E-state index in [0.717, 1.165) is 24.5 Å². The van der Waals surface area contributed by atoms with Crippen LogP contribution in [0.4, 0.5) is 19.0 Å².